The average Bonchev–Trinajstić information content (AvgIpc) is 2.43. The van der Waals surface area contributed by atoms with Gasteiger partial charge in [0.25, 0.3) is 0 Å². The fourth-order valence-electron chi connectivity index (χ4n) is 1.68. The van der Waals surface area contributed by atoms with Crippen LogP contribution in [0.5, 0.6) is 11.6 Å². The van der Waals surface area contributed by atoms with Crippen molar-refractivity contribution in [3.8, 4) is 11.6 Å². The fourth-order valence-corrected chi connectivity index (χ4v) is 1.68. The molecule has 0 aliphatic rings. The van der Waals surface area contributed by atoms with Crippen molar-refractivity contribution in [3.05, 3.63) is 54.0 Å². The molecule has 3 aromatic rings. The van der Waals surface area contributed by atoms with Crippen LogP contribution in [0.4, 0.5) is 8.78 Å². The minimum absolute atomic E-state index is 0.189. The van der Waals surface area contributed by atoms with Crippen LogP contribution < -0.4 is 4.74 Å². The first kappa shape index (κ1) is 12.4. The molecule has 0 saturated carbocycles. The Kier molecular flexibility index (Phi) is 2.98. The number of pyridine rings is 1. The van der Waals surface area contributed by atoms with Crippen molar-refractivity contribution in [2.75, 3.05) is 0 Å². The van der Waals surface area contributed by atoms with Gasteiger partial charge in [-0.15, -0.1) is 0 Å². The standard InChI is InChI=1S/C14H9F2N3O/c1-8-2-3-9(6-17-8)20-14-7-18-12-4-10(15)11(16)5-13(12)19-14/h2-7H,1H3. The van der Waals surface area contributed by atoms with Crippen molar-refractivity contribution in [1.29, 1.82) is 0 Å². The highest BCUT2D eigenvalue weighted by atomic mass is 19.2. The normalized spacial score (nSPS) is 10.8. The molecule has 6 heteroatoms. The Morgan fingerprint density at radius 2 is 1.70 bits per heavy atom. The van der Waals surface area contributed by atoms with Gasteiger partial charge in [-0.1, -0.05) is 0 Å². The number of rotatable bonds is 2. The second kappa shape index (κ2) is 4.80. The highest BCUT2D eigenvalue weighted by Crippen LogP contribution is 2.21. The molecule has 1 aromatic carbocycles. The van der Waals surface area contributed by atoms with Crippen LogP contribution in [-0.2, 0) is 0 Å². The molecule has 3 rings (SSSR count). The lowest BCUT2D eigenvalue weighted by atomic mass is 10.3. The molecule has 0 N–H and O–H groups in total. The summed E-state index contributed by atoms with van der Waals surface area (Å²) in [4.78, 5) is 12.1. The van der Waals surface area contributed by atoms with E-state index in [1.807, 2.05) is 6.92 Å². The number of fused-ring (bicyclic) bond motifs is 1. The van der Waals surface area contributed by atoms with Gasteiger partial charge in [0.05, 0.1) is 23.4 Å². The second-order valence-corrected chi connectivity index (χ2v) is 4.20. The zero-order valence-electron chi connectivity index (χ0n) is 10.5. The summed E-state index contributed by atoms with van der Waals surface area (Å²) in [6, 6.07) is 5.51. The number of halogens is 2. The van der Waals surface area contributed by atoms with Crippen LogP contribution in [0.1, 0.15) is 5.69 Å². The molecule has 0 aliphatic heterocycles. The van der Waals surface area contributed by atoms with Gasteiger partial charge in [-0.05, 0) is 19.1 Å². The van der Waals surface area contributed by atoms with Crippen molar-refractivity contribution >= 4 is 11.0 Å². The Morgan fingerprint density at radius 1 is 0.950 bits per heavy atom. The maximum atomic E-state index is 13.2. The lowest BCUT2D eigenvalue weighted by Crippen LogP contribution is -1.94. The van der Waals surface area contributed by atoms with Crippen LogP contribution in [0.15, 0.2) is 36.7 Å². The molecule has 2 aromatic heterocycles. The maximum absolute atomic E-state index is 13.2. The molecule has 0 saturated heterocycles. The monoisotopic (exact) mass is 273 g/mol. The van der Waals surface area contributed by atoms with Gasteiger partial charge in [0.1, 0.15) is 5.75 Å². The second-order valence-electron chi connectivity index (χ2n) is 4.20. The van der Waals surface area contributed by atoms with Gasteiger partial charge in [-0.3, -0.25) is 4.98 Å². The van der Waals surface area contributed by atoms with E-state index in [4.69, 9.17) is 4.74 Å². The molecule has 0 radical (unpaired) electrons. The average molecular weight is 273 g/mol. The lowest BCUT2D eigenvalue weighted by molar-refractivity contribution is 0.460. The third kappa shape index (κ3) is 2.40. The minimum atomic E-state index is -0.971. The number of benzene rings is 1. The summed E-state index contributed by atoms with van der Waals surface area (Å²) in [6.07, 6.45) is 2.89. The number of nitrogens with zero attached hydrogens (tertiary/aromatic N) is 3. The van der Waals surface area contributed by atoms with Crippen molar-refractivity contribution in [1.82, 2.24) is 15.0 Å². The van der Waals surface area contributed by atoms with Crippen LogP contribution in [0.2, 0.25) is 0 Å². The summed E-state index contributed by atoms with van der Waals surface area (Å²) in [5.41, 5.74) is 1.35. The van der Waals surface area contributed by atoms with Crippen molar-refractivity contribution in [2.24, 2.45) is 0 Å². The SMILES string of the molecule is Cc1ccc(Oc2cnc3cc(F)c(F)cc3n2)cn1. The van der Waals surface area contributed by atoms with Crippen LogP contribution in [0.3, 0.4) is 0 Å². The van der Waals surface area contributed by atoms with Gasteiger partial charge in [0, 0.05) is 17.8 Å². The van der Waals surface area contributed by atoms with E-state index >= 15 is 0 Å². The predicted molar refractivity (Wildman–Crippen MR) is 68.5 cm³/mol. The number of ether oxygens (including phenoxy) is 1. The molecule has 0 spiro atoms. The van der Waals surface area contributed by atoms with Gasteiger partial charge in [0.15, 0.2) is 11.6 Å². The van der Waals surface area contributed by atoms with Crippen molar-refractivity contribution < 1.29 is 13.5 Å². The van der Waals surface area contributed by atoms with E-state index < -0.39 is 11.6 Å². The molecule has 0 atom stereocenters. The first-order valence-corrected chi connectivity index (χ1v) is 5.84. The molecular weight excluding hydrogens is 264 g/mol. The highest BCUT2D eigenvalue weighted by molar-refractivity contribution is 5.74. The summed E-state index contributed by atoms with van der Waals surface area (Å²) in [5, 5.41) is 0. The van der Waals surface area contributed by atoms with E-state index in [-0.39, 0.29) is 16.9 Å². The minimum Gasteiger partial charge on any atom is -0.436 e. The molecule has 0 amide bonds. The van der Waals surface area contributed by atoms with Gasteiger partial charge in [-0.25, -0.2) is 18.7 Å². The Labute approximate surface area is 113 Å². The largest absolute Gasteiger partial charge is 0.436 e. The van der Waals surface area contributed by atoms with Crippen LogP contribution in [0.25, 0.3) is 11.0 Å². The van der Waals surface area contributed by atoms with Crippen molar-refractivity contribution in [3.63, 3.8) is 0 Å². The molecule has 0 aliphatic carbocycles. The summed E-state index contributed by atoms with van der Waals surface area (Å²) >= 11 is 0. The maximum Gasteiger partial charge on any atom is 0.238 e. The molecule has 0 fully saturated rings. The van der Waals surface area contributed by atoms with Crippen LogP contribution >= 0.6 is 0 Å². The zero-order valence-corrected chi connectivity index (χ0v) is 10.5. The zero-order chi connectivity index (χ0) is 14.1. The van der Waals surface area contributed by atoms with E-state index in [2.05, 4.69) is 15.0 Å². The number of aryl methyl sites for hydroxylation is 1. The van der Waals surface area contributed by atoms with Crippen LogP contribution in [0, 0.1) is 18.6 Å². The van der Waals surface area contributed by atoms with E-state index in [1.54, 1.807) is 18.3 Å². The Morgan fingerprint density at radius 3 is 2.40 bits per heavy atom. The summed E-state index contributed by atoms with van der Waals surface area (Å²) in [7, 11) is 0. The quantitative estimate of drug-likeness (QED) is 0.718. The van der Waals surface area contributed by atoms with Crippen LogP contribution in [-0.4, -0.2) is 15.0 Å². The third-order valence-electron chi connectivity index (χ3n) is 2.67. The van der Waals surface area contributed by atoms with E-state index in [0.717, 1.165) is 17.8 Å². The number of hydrogen-bond acceptors (Lipinski definition) is 4. The smallest absolute Gasteiger partial charge is 0.238 e. The molecule has 20 heavy (non-hydrogen) atoms. The number of hydrogen-bond donors (Lipinski definition) is 0. The predicted octanol–water partition coefficient (Wildman–Crippen LogP) is 3.40. The van der Waals surface area contributed by atoms with Gasteiger partial charge in [-0.2, -0.15) is 0 Å². The number of aromatic nitrogens is 3. The molecule has 100 valence electrons. The third-order valence-corrected chi connectivity index (χ3v) is 2.67. The summed E-state index contributed by atoms with van der Waals surface area (Å²) in [6.45, 7) is 1.86. The van der Waals surface area contributed by atoms with Gasteiger partial charge >= 0.3 is 0 Å². The molecule has 0 unspecified atom stereocenters. The Hall–Kier alpha value is -2.63. The topological polar surface area (TPSA) is 47.9 Å². The van der Waals surface area contributed by atoms with E-state index in [0.29, 0.717) is 5.75 Å². The Balaban J connectivity index is 1.96. The highest BCUT2D eigenvalue weighted by Gasteiger charge is 2.08. The summed E-state index contributed by atoms with van der Waals surface area (Å²) in [5.74, 6) is -1.25. The Bertz CT molecular complexity index is 775. The first-order valence-electron chi connectivity index (χ1n) is 5.84. The van der Waals surface area contributed by atoms with E-state index in [1.165, 1.54) is 6.20 Å². The van der Waals surface area contributed by atoms with Crippen molar-refractivity contribution in [2.45, 2.75) is 6.92 Å². The van der Waals surface area contributed by atoms with E-state index in [9.17, 15) is 8.78 Å². The fraction of sp³-hybridized carbons (Fsp3) is 0.0714. The van der Waals surface area contributed by atoms with Gasteiger partial charge in [0.2, 0.25) is 5.88 Å². The molecule has 4 nitrogen and oxygen atoms in total. The first-order chi connectivity index (χ1) is 9.61. The lowest BCUT2D eigenvalue weighted by Gasteiger charge is -2.05. The molecular formula is C14H9F2N3O. The van der Waals surface area contributed by atoms with Gasteiger partial charge < -0.3 is 4.74 Å². The molecule has 2 heterocycles. The molecule has 0 bridgehead atoms. The summed E-state index contributed by atoms with van der Waals surface area (Å²) < 4.78 is 31.7.